The molecule has 0 aliphatic heterocycles. The van der Waals surface area contributed by atoms with Gasteiger partial charge in [0, 0.05) is 36.1 Å². The summed E-state index contributed by atoms with van der Waals surface area (Å²) in [4.78, 5) is 24.9. The lowest BCUT2D eigenvalue weighted by Crippen LogP contribution is -2.41. The Morgan fingerprint density at radius 1 is 0.735 bits per heavy atom. The van der Waals surface area contributed by atoms with Crippen molar-refractivity contribution in [1.82, 2.24) is 5.32 Å². The summed E-state index contributed by atoms with van der Waals surface area (Å²) in [5.74, 6) is 0.0695. The number of hydrogen-bond acceptors (Lipinski definition) is 2. The number of Topliss-reactive ketones (excluding diaryl/α,β-unsaturated/α-hetero) is 1. The molecular weight excluding hydrogens is 422 g/mol. The van der Waals surface area contributed by atoms with E-state index in [2.05, 4.69) is 71.7 Å². The summed E-state index contributed by atoms with van der Waals surface area (Å²) >= 11 is 0. The molecule has 0 radical (unpaired) electrons. The molecule has 0 heterocycles. The molecule has 0 atom stereocenters. The van der Waals surface area contributed by atoms with Crippen LogP contribution in [-0.4, -0.2) is 75.5 Å². The Kier molecular flexibility index (Phi) is 10.5. The van der Waals surface area contributed by atoms with Gasteiger partial charge in [-0.3, -0.25) is 9.59 Å². The number of rotatable bonds is 14. The normalized spacial score (nSPS) is 11.9. The monoisotopic (exact) mass is 467 g/mol. The lowest BCUT2D eigenvalue weighted by atomic mass is 10.0. The van der Waals surface area contributed by atoms with Crippen LogP contribution < -0.4 is 5.32 Å². The van der Waals surface area contributed by atoms with Gasteiger partial charge in [0.05, 0.1) is 48.3 Å². The highest BCUT2D eigenvalue weighted by molar-refractivity contribution is 5.98. The molecule has 2 rings (SSSR count). The van der Waals surface area contributed by atoms with Gasteiger partial charge in [0.1, 0.15) is 6.54 Å². The largest absolute Gasteiger partial charge is 0.352 e. The number of carbonyl (C=O) groups is 2. The van der Waals surface area contributed by atoms with Gasteiger partial charge in [-0.2, -0.15) is 0 Å². The molecule has 0 saturated heterocycles. The van der Waals surface area contributed by atoms with Crippen LogP contribution in [0.15, 0.2) is 48.5 Å². The lowest BCUT2D eigenvalue weighted by molar-refractivity contribution is -0.903. The highest BCUT2D eigenvalue weighted by Crippen LogP contribution is 2.13. The lowest BCUT2D eigenvalue weighted by Gasteiger charge is -2.30. The predicted octanol–water partition coefficient (Wildman–Crippen LogP) is 4.70. The second-order valence-corrected chi connectivity index (χ2v) is 11.1. The zero-order valence-electron chi connectivity index (χ0n) is 22.2. The smallest absolute Gasteiger partial charge is 0.251 e. The van der Waals surface area contributed by atoms with E-state index in [-0.39, 0.29) is 11.7 Å². The minimum atomic E-state index is -0.0811. The molecule has 1 amide bonds. The molecule has 186 valence electrons. The first-order valence-corrected chi connectivity index (χ1v) is 12.6. The third-order valence-corrected chi connectivity index (χ3v) is 6.22. The molecule has 0 unspecified atom stereocenters. The van der Waals surface area contributed by atoms with E-state index in [0.717, 1.165) is 54.3 Å². The van der Waals surface area contributed by atoms with Crippen molar-refractivity contribution in [3.8, 4) is 0 Å². The van der Waals surface area contributed by atoms with Crippen molar-refractivity contribution in [2.45, 2.75) is 45.6 Å². The molecule has 34 heavy (non-hydrogen) atoms. The topological polar surface area (TPSA) is 46.2 Å². The van der Waals surface area contributed by atoms with E-state index >= 15 is 0 Å². The third kappa shape index (κ3) is 10.2. The Morgan fingerprint density at radius 3 is 1.91 bits per heavy atom. The minimum absolute atomic E-state index is 0.0811. The van der Waals surface area contributed by atoms with Crippen LogP contribution in [0, 0.1) is 0 Å². The fourth-order valence-electron chi connectivity index (χ4n) is 4.09. The molecule has 0 spiro atoms. The Balaban J connectivity index is 1.72. The molecule has 2 aromatic carbocycles. The van der Waals surface area contributed by atoms with Crippen molar-refractivity contribution in [3.63, 3.8) is 0 Å². The molecule has 0 fully saturated rings. The number of ketones is 1. The molecule has 0 aliphatic carbocycles. The van der Waals surface area contributed by atoms with E-state index < -0.39 is 0 Å². The van der Waals surface area contributed by atoms with Crippen LogP contribution in [0.2, 0.25) is 0 Å². The highest BCUT2D eigenvalue weighted by Gasteiger charge is 2.16. The van der Waals surface area contributed by atoms with E-state index in [0.29, 0.717) is 24.1 Å². The number of aryl methyl sites for hydroxylation is 1. The maximum atomic E-state index is 12.5. The second-order valence-electron chi connectivity index (χ2n) is 11.1. The number of quaternary nitrogens is 2. The molecule has 2 aromatic rings. The maximum Gasteiger partial charge on any atom is 0.251 e. The molecule has 0 aromatic heterocycles. The van der Waals surface area contributed by atoms with Crippen molar-refractivity contribution >= 4 is 11.7 Å². The number of carbonyl (C=O) groups excluding carboxylic acids is 2. The Bertz CT molecular complexity index is 910. The van der Waals surface area contributed by atoms with Crippen molar-refractivity contribution in [3.05, 3.63) is 70.8 Å². The first-order chi connectivity index (χ1) is 16.0. The number of unbranched alkanes of at least 4 members (excludes halogenated alkanes) is 1. The fraction of sp³-hybridized carbons (Fsp3) is 0.517. The zero-order valence-corrected chi connectivity index (χ0v) is 22.2. The van der Waals surface area contributed by atoms with Gasteiger partial charge in [-0.1, -0.05) is 43.3 Å². The molecule has 1 N–H and O–H groups in total. The van der Waals surface area contributed by atoms with E-state index in [1.165, 1.54) is 11.1 Å². The van der Waals surface area contributed by atoms with E-state index in [1.54, 1.807) is 24.3 Å². The molecule has 5 heteroatoms. The van der Waals surface area contributed by atoms with Crippen LogP contribution >= 0.6 is 0 Å². The summed E-state index contributed by atoms with van der Waals surface area (Å²) in [6.45, 7) is 5.84. The van der Waals surface area contributed by atoms with Crippen LogP contribution in [-0.2, 0) is 13.0 Å². The highest BCUT2D eigenvalue weighted by atomic mass is 16.1. The van der Waals surface area contributed by atoms with Gasteiger partial charge in [0.15, 0.2) is 5.78 Å². The molecular formula is C29H45N3O2+2. The number of amides is 1. The predicted molar refractivity (Wildman–Crippen MR) is 141 cm³/mol. The van der Waals surface area contributed by atoms with Gasteiger partial charge in [0.25, 0.3) is 5.91 Å². The van der Waals surface area contributed by atoms with Gasteiger partial charge in [-0.05, 0) is 37.0 Å². The van der Waals surface area contributed by atoms with Crippen LogP contribution in [0.3, 0.4) is 0 Å². The third-order valence-electron chi connectivity index (χ3n) is 6.22. The maximum absolute atomic E-state index is 12.5. The fourth-order valence-corrected chi connectivity index (χ4v) is 4.09. The van der Waals surface area contributed by atoms with Crippen LogP contribution in [0.4, 0.5) is 0 Å². The first kappa shape index (κ1) is 27.7. The molecule has 0 bridgehead atoms. The molecule has 0 saturated carbocycles. The standard InChI is InChI=1S/C29H44N3O2/c1-7-24-12-14-25(15-13-24)23-32(5,6)22-10-20-30-29(34)27-18-16-26(17-19-27)28(33)11-8-9-21-31(2,3)4/h12-19H,7-11,20-23H2,1-6H3/q+1/p+1. The summed E-state index contributed by atoms with van der Waals surface area (Å²) in [6.07, 6.45) is 4.47. The minimum Gasteiger partial charge on any atom is -0.352 e. The van der Waals surface area contributed by atoms with Crippen LogP contribution in [0.25, 0.3) is 0 Å². The Morgan fingerprint density at radius 2 is 1.32 bits per heavy atom. The zero-order chi connectivity index (χ0) is 25.2. The first-order valence-electron chi connectivity index (χ1n) is 12.6. The molecule has 5 nitrogen and oxygen atoms in total. The van der Waals surface area contributed by atoms with Crippen molar-refractivity contribution in [2.75, 3.05) is 54.9 Å². The number of benzene rings is 2. The number of nitrogens with zero attached hydrogens (tertiary/aromatic N) is 2. The Hall–Kier alpha value is -2.50. The average Bonchev–Trinajstić information content (AvgIpc) is 2.79. The van der Waals surface area contributed by atoms with Crippen molar-refractivity contribution in [2.24, 2.45) is 0 Å². The van der Waals surface area contributed by atoms with Crippen molar-refractivity contribution < 1.29 is 18.6 Å². The van der Waals surface area contributed by atoms with E-state index in [9.17, 15) is 9.59 Å². The summed E-state index contributed by atoms with van der Waals surface area (Å²) in [6, 6.07) is 15.9. The average molecular weight is 468 g/mol. The van der Waals surface area contributed by atoms with Crippen LogP contribution in [0.1, 0.15) is 64.4 Å². The quantitative estimate of drug-likeness (QED) is 0.249. The van der Waals surface area contributed by atoms with Crippen LogP contribution in [0.5, 0.6) is 0 Å². The SMILES string of the molecule is CCc1ccc(C[N+](C)(C)CCCNC(=O)c2ccc(C(=O)CCCC[N+](C)(C)C)cc2)cc1. The Labute approximate surface area is 207 Å². The molecule has 0 aliphatic rings. The number of hydrogen-bond donors (Lipinski definition) is 1. The van der Waals surface area contributed by atoms with Gasteiger partial charge in [-0.15, -0.1) is 0 Å². The van der Waals surface area contributed by atoms with Gasteiger partial charge in [-0.25, -0.2) is 0 Å². The summed E-state index contributed by atoms with van der Waals surface area (Å²) < 4.78 is 1.80. The summed E-state index contributed by atoms with van der Waals surface area (Å²) in [7, 11) is 11.0. The summed E-state index contributed by atoms with van der Waals surface area (Å²) in [5.41, 5.74) is 4.00. The van der Waals surface area contributed by atoms with Crippen molar-refractivity contribution in [1.29, 1.82) is 0 Å². The summed E-state index contributed by atoms with van der Waals surface area (Å²) in [5, 5.41) is 3.02. The van der Waals surface area contributed by atoms with E-state index in [4.69, 9.17) is 0 Å². The van der Waals surface area contributed by atoms with E-state index in [1.807, 2.05) is 0 Å². The second kappa shape index (κ2) is 12.8. The number of nitrogens with one attached hydrogen (secondary N) is 1. The van der Waals surface area contributed by atoms with Gasteiger partial charge >= 0.3 is 0 Å². The van der Waals surface area contributed by atoms with Gasteiger partial charge in [0.2, 0.25) is 0 Å². The van der Waals surface area contributed by atoms with Gasteiger partial charge < -0.3 is 14.3 Å².